The summed E-state index contributed by atoms with van der Waals surface area (Å²) in [6, 6.07) is 17.7. The third-order valence-electron chi connectivity index (χ3n) is 4.47. The van der Waals surface area contributed by atoms with Crippen molar-refractivity contribution in [1.29, 1.82) is 5.26 Å². The highest BCUT2D eigenvalue weighted by molar-refractivity contribution is 5.92. The molecule has 0 bridgehead atoms. The normalized spacial score (nSPS) is 10.6. The average molecular weight is 369 g/mol. The van der Waals surface area contributed by atoms with Crippen LogP contribution in [-0.2, 0) is 6.42 Å². The van der Waals surface area contributed by atoms with E-state index in [9.17, 15) is 0 Å². The number of anilines is 4. The molecule has 4 rings (SSSR count). The summed E-state index contributed by atoms with van der Waals surface area (Å²) in [4.78, 5) is 9.31. The quantitative estimate of drug-likeness (QED) is 0.478. The third-order valence-corrected chi connectivity index (χ3v) is 4.47. The molecule has 0 aliphatic rings. The molecule has 0 amide bonds. The molecule has 2 heterocycles. The maximum Gasteiger partial charge on any atom is 0.229 e. The second-order valence-electron chi connectivity index (χ2n) is 6.50. The maximum absolute atomic E-state index is 8.80. The monoisotopic (exact) mass is 369 g/mol. The first kappa shape index (κ1) is 17.5. The Morgan fingerprint density at radius 1 is 1.00 bits per heavy atom. The van der Waals surface area contributed by atoms with Crippen molar-refractivity contribution in [2.24, 2.45) is 0 Å². The summed E-state index contributed by atoms with van der Waals surface area (Å²) < 4.78 is 0. The van der Waals surface area contributed by atoms with E-state index in [0.29, 0.717) is 18.2 Å². The lowest BCUT2D eigenvalue weighted by molar-refractivity contribution is 1.02. The van der Waals surface area contributed by atoms with Gasteiger partial charge in [0.05, 0.1) is 35.1 Å². The highest BCUT2D eigenvalue weighted by atomic mass is 15.2. The van der Waals surface area contributed by atoms with Crippen molar-refractivity contribution in [2.45, 2.75) is 20.3 Å². The van der Waals surface area contributed by atoms with E-state index in [0.717, 1.165) is 39.2 Å². The third kappa shape index (κ3) is 3.48. The zero-order valence-electron chi connectivity index (χ0n) is 15.6. The van der Waals surface area contributed by atoms with Gasteiger partial charge < -0.3 is 10.6 Å². The fraction of sp³-hybridized carbons (Fsp3) is 0.143. The summed E-state index contributed by atoms with van der Waals surface area (Å²) >= 11 is 0. The first-order valence-corrected chi connectivity index (χ1v) is 8.92. The topological polar surface area (TPSA) is 102 Å². The summed E-state index contributed by atoms with van der Waals surface area (Å²) in [5, 5.41) is 23.6. The van der Waals surface area contributed by atoms with Crippen molar-refractivity contribution in [1.82, 2.24) is 20.2 Å². The highest BCUT2D eigenvalue weighted by Crippen LogP contribution is 2.28. The lowest BCUT2D eigenvalue weighted by Crippen LogP contribution is -2.03. The molecule has 0 radical (unpaired) electrons. The van der Waals surface area contributed by atoms with Crippen molar-refractivity contribution in [2.75, 3.05) is 10.6 Å². The number of aromatic nitrogens is 4. The number of nitriles is 1. The van der Waals surface area contributed by atoms with Crippen LogP contribution in [0, 0.1) is 25.2 Å². The minimum Gasteiger partial charge on any atom is -0.337 e. The molecule has 0 fully saturated rings. The molecule has 0 atom stereocenters. The van der Waals surface area contributed by atoms with Crippen LogP contribution in [0.15, 0.2) is 48.5 Å². The van der Waals surface area contributed by atoms with Gasteiger partial charge in [0, 0.05) is 11.1 Å². The van der Waals surface area contributed by atoms with E-state index in [1.807, 2.05) is 62.4 Å². The molecule has 3 N–H and O–H groups in total. The summed E-state index contributed by atoms with van der Waals surface area (Å²) in [6.07, 6.45) is 0.393. The van der Waals surface area contributed by atoms with Crippen LogP contribution in [0.25, 0.3) is 10.9 Å². The second kappa shape index (κ2) is 7.37. The SMILES string of the molecule is Cc1n[nH]c(C)c1Nc1nc(Nc2ccc(CC#N)cc2)nc2ccccc12. The van der Waals surface area contributed by atoms with Gasteiger partial charge >= 0.3 is 0 Å². The molecule has 0 aliphatic carbocycles. The number of rotatable bonds is 5. The van der Waals surface area contributed by atoms with Crippen molar-refractivity contribution in [3.63, 3.8) is 0 Å². The van der Waals surface area contributed by atoms with E-state index in [1.165, 1.54) is 0 Å². The molecule has 7 heteroatoms. The fourth-order valence-corrected chi connectivity index (χ4v) is 3.01. The predicted octanol–water partition coefficient (Wildman–Crippen LogP) is 4.52. The van der Waals surface area contributed by atoms with Gasteiger partial charge in [-0.15, -0.1) is 0 Å². The van der Waals surface area contributed by atoms with Gasteiger partial charge in [-0.3, -0.25) is 5.10 Å². The zero-order valence-corrected chi connectivity index (χ0v) is 15.6. The number of para-hydroxylation sites is 1. The molecule has 2 aromatic heterocycles. The van der Waals surface area contributed by atoms with Crippen LogP contribution in [0.5, 0.6) is 0 Å². The molecule has 4 aromatic rings. The Hall–Kier alpha value is -3.92. The Morgan fingerprint density at radius 2 is 1.79 bits per heavy atom. The van der Waals surface area contributed by atoms with E-state index in [-0.39, 0.29) is 0 Å². The maximum atomic E-state index is 8.80. The molecule has 0 spiro atoms. The van der Waals surface area contributed by atoms with Gasteiger partial charge in [0.1, 0.15) is 5.82 Å². The molecule has 7 nitrogen and oxygen atoms in total. The summed E-state index contributed by atoms with van der Waals surface area (Å²) in [5.74, 6) is 1.20. The van der Waals surface area contributed by atoms with E-state index in [4.69, 9.17) is 5.26 Å². The standard InChI is InChI=1S/C21H19N7/c1-13-19(14(2)28-27-13)25-20-17-5-3-4-6-18(17)24-21(26-20)23-16-9-7-15(8-10-16)11-12-22/h3-10H,11H2,1-2H3,(H,27,28)(H2,23,24,25,26). The minimum absolute atomic E-state index is 0.393. The van der Waals surface area contributed by atoms with Crippen LogP contribution < -0.4 is 10.6 Å². The van der Waals surface area contributed by atoms with Gasteiger partial charge in [-0.1, -0.05) is 24.3 Å². The van der Waals surface area contributed by atoms with Gasteiger partial charge in [-0.25, -0.2) is 4.98 Å². The first-order chi connectivity index (χ1) is 13.6. The van der Waals surface area contributed by atoms with Gasteiger partial charge in [0.25, 0.3) is 0 Å². The fourth-order valence-electron chi connectivity index (χ4n) is 3.01. The molecule has 0 saturated carbocycles. The molecule has 0 unspecified atom stereocenters. The van der Waals surface area contributed by atoms with Crippen LogP contribution in [-0.4, -0.2) is 20.2 Å². The van der Waals surface area contributed by atoms with Crippen molar-refractivity contribution >= 4 is 34.0 Å². The highest BCUT2D eigenvalue weighted by Gasteiger charge is 2.12. The summed E-state index contributed by atoms with van der Waals surface area (Å²) in [7, 11) is 0. The molecule has 138 valence electrons. The van der Waals surface area contributed by atoms with E-state index < -0.39 is 0 Å². The number of nitrogens with one attached hydrogen (secondary N) is 3. The molecular formula is C21H19N7. The number of H-pyrrole nitrogens is 1. The van der Waals surface area contributed by atoms with E-state index >= 15 is 0 Å². The van der Waals surface area contributed by atoms with Crippen molar-refractivity contribution < 1.29 is 0 Å². The number of aromatic amines is 1. The Labute approximate surface area is 162 Å². The summed E-state index contributed by atoms with van der Waals surface area (Å²) in [5.41, 5.74) is 5.41. The number of hydrogen-bond acceptors (Lipinski definition) is 6. The number of fused-ring (bicyclic) bond motifs is 1. The Morgan fingerprint density at radius 3 is 2.50 bits per heavy atom. The van der Waals surface area contributed by atoms with Crippen molar-refractivity contribution in [3.8, 4) is 6.07 Å². The Bertz CT molecular complexity index is 1150. The Kier molecular flexibility index (Phi) is 4.60. The van der Waals surface area contributed by atoms with Gasteiger partial charge in [-0.2, -0.15) is 15.3 Å². The van der Waals surface area contributed by atoms with Gasteiger partial charge in [0.15, 0.2) is 0 Å². The summed E-state index contributed by atoms with van der Waals surface area (Å²) in [6.45, 7) is 3.91. The molecule has 0 aliphatic heterocycles. The minimum atomic E-state index is 0.393. The molecule has 2 aromatic carbocycles. The van der Waals surface area contributed by atoms with E-state index in [1.54, 1.807) is 0 Å². The van der Waals surface area contributed by atoms with E-state index in [2.05, 4.69) is 36.9 Å². The number of benzene rings is 2. The first-order valence-electron chi connectivity index (χ1n) is 8.92. The lowest BCUT2D eigenvalue weighted by atomic mass is 10.1. The smallest absolute Gasteiger partial charge is 0.229 e. The van der Waals surface area contributed by atoms with Crippen LogP contribution in [0.1, 0.15) is 17.0 Å². The predicted molar refractivity (Wildman–Crippen MR) is 110 cm³/mol. The molecular weight excluding hydrogens is 350 g/mol. The number of hydrogen-bond donors (Lipinski definition) is 3. The lowest BCUT2D eigenvalue weighted by Gasteiger charge is -2.12. The number of aryl methyl sites for hydroxylation is 2. The van der Waals surface area contributed by atoms with Crippen molar-refractivity contribution in [3.05, 3.63) is 65.5 Å². The van der Waals surface area contributed by atoms with Gasteiger partial charge in [-0.05, 0) is 43.7 Å². The van der Waals surface area contributed by atoms with Crippen LogP contribution in [0.2, 0.25) is 0 Å². The van der Waals surface area contributed by atoms with Crippen LogP contribution in [0.4, 0.5) is 23.1 Å². The second-order valence-corrected chi connectivity index (χ2v) is 6.50. The average Bonchev–Trinajstić information content (AvgIpc) is 3.02. The largest absolute Gasteiger partial charge is 0.337 e. The van der Waals surface area contributed by atoms with Gasteiger partial charge in [0.2, 0.25) is 5.95 Å². The Balaban J connectivity index is 1.70. The van der Waals surface area contributed by atoms with Crippen LogP contribution in [0.3, 0.4) is 0 Å². The molecule has 28 heavy (non-hydrogen) atoms. The zero-order chi connectivity index (χ0) is 19.5. The van der Waals surface area contributed by atoms with Crippen LogP contribution >= 0.6 is 0 Å². The molecule has 0 saturated heterocycles. The number of nitrogens with zero attached hydrogens (tertiary/aromatic N) is 4.